The Morgan fingerprint density at radius 3 is 3.00 bits per heavy atom. The third-order valence-corrected chi connectivity index (χ3v) is 3.50. The Bertz CT molecular complexity index is 669. The van der Waals surface area contributed by atoms with Crippen LogP contribution in [0.25, 0.3) is 0 Å². The number of anilines is 2. The number of fused-ring (bicyclic) bond motifs is 1. The van der Waals surface area contributed by atoms with Gasteiger partial charge in [0, 0.05) is 19.2 Å². The zero-order chi connectivity index (χ0) is 15.0. The predicted octanol–water partition coefficient (Wildman–Crippen LogP) is 1.57. The van der Waals surface area contributed by atoms with Crippen molar-refractivity contribution in [1.29, 1.82) is 0 Å². The largest absolute Gasteiger partial charge is 0.377 e. The maximum Gasteiger partial charge on any atom is 0.184 e. The topological polar surface area (TPSA) is 87.8 Å². The van der Waals surface area contributed by atoms with Gasteiger partial charge in [-0.15, -0.1) is 0 Å². The molecule has 0 radical (unpaired) electrons. The first-order chi connectivity index (χ1) is 10.0. The molecule has 3 heterocycles. The van der Waals surface area contributed by atoms with E-state index in [0.717, 1.165) is 17.5 Å². The van der Waals surface area contributed by atoms with Gasteiger partial charge in [-0.05, 0) is 13.8 Å². The lowest BCUT2D eigenvalue weighted by Crippen LogP contribution is -2.29. The summed E-state index contributed by atoms with van der Waals surface area (Å²) in [5.41, 5.74) is 1.82. The Morgan fingerprint density at radius 2 is 2.24 bits per heavy atom. The van der Waals surface area contributed by atoms with E-state index in [2.05, 4.69) is 44.6 Å². The SMILES string of the molecule is COCc1ncc(F)c(Nc2n[nH]c3c2CNC3(C)C)n1. The molecular formula is C13H17FN6O. The van der Waals surface area contributed by atoms with E-state index < -0.39 is 5.82 Å². The number of ether oxygens (including phenoxy) is 1. The van der Waals surface area contributed by atoms with Crippen molar-refractivity contribution in [2.45, 2.75) is 32.5 Å². The molecule has 0 aliphatic carbocycles. The molecule has 0 atom stereocenters. The van der Waals surface area contributed by atoms with Gasteiger partial charge in [0.05, 0.1) is 17.4 Å². The molecule has 1 aliphatic rings. The van der Waals surface area contributed by atoms with Crippen LogP contribution >= 0.6 is 0 Å². The highest BCUT2D eigenvalue weighted by Gasteiger charge is 2.33. The first-order valence-corrected chi connectivity index (χ1v) is 6.61. The summed E-state index contributed by atoms with van der Waals surface area (Å²) >= 11 is 0. The summed E-state index contributed by atoms with van der Waals surface area (Å²) in [6, 6.07) is 0. The molecular weight excluding hydrogens is 275 g/mol. The van der Waals surface area contributed by atoms with Gasteiger partial charge in [0.15, 0.2) is 23.3 Å². The van der Waals surface area contributed by atoms with Crippen molar-refractivity contribution in [2.24, 2.45) is 0 Å². The summed E-state index contributed by atoms with van der Waals surface area (Å²) in [4.78, 5) is 7.96. The van der Waals surface area contributed by atoms with Crippen LogP contribution in [0.15, 0.2) is 6.20 Å². The van der Waals surface area contributed by atoms with Crippen LogP contribution in [0.5, 0.6) is 0 Å². The molecule has 0 bridgehead atoms. The van der Waals surface area contributed by atoms with Gasteiger partial charge in [-0.3, -0.25) is 5.10 Å². The van der Waals surface area contributed by atoms with Crippen LogP contribution < -0.4 is 10.6 Å². The molecule has 0 aromatic carbocycles. The van der Waals surface area contributed by atoms with Gasteiger partial charge in [-0.2, -0.15) is 5.10 Å². The summed E-state index contributed by atoms with van der Waals surface area (Å²) in [6.07, 6.45) is 1.12. The van der Waals surface area contributed by atoms with Gasteiger partial charge >= 0.3 is 0 Å². The molecule has 0 amide bonds. The van der Waals surface area contributed by atoms with E-state index in [1.54, 1.807) is 0 Å². The van der Waals surface area contributed by atoms with Crippen LogP contribution in [0, 0.1) is 5.82 Å². The number of halogens is 1. The number of methoxy groups -OCH3 is 1. The molecule has 3 rings (SSSR count). The molecule has 21 heavy (non-hydrogen) atoms. The predicted molar refractivity (Wildman–Crippen MR) is 74.4 cm³/mol. The van der Waals surface area contributed by atoms with Gasteiger partial charge in [0.2, 0.25) is 0 Å². The van der Waals surface area contributed by atoms with E-state index in [-0.39, 0.29) is 18.0 Å². The molecule has 0 saturated heterocycles. The summed E-state index contributed by atoms with van der Waals surface area (Å²) in [5.74, 6) is 0.545. The summed E-state index contributed by atoms with van der Waals surface area (Å²) in [7, 11) is 1.54. The molecule has 0 fully saturated rings. The second kappa shape index (κ2) is 5.05. The normalized spacial score (nSPS) is 16.0. The van der Waals surface area contributed by atoms with E-state index >= 15 is 0 Å². The van der Waals surface area contributed by atoms with E-state index in [1.165, 1.54) is 7.11 Å². The summed E-state index contributed by atoms with van der Waals surface area (Å²) < 4.78 is 18.8. The fourth-order valence-electron chi connectivity index (χ4n) is 2.36. The summed E-state index contributed by atoms with van der Waals surface area (Å²) in [5, 5.41) is 13.5. The van der Waals surface area contributed by atoms with E-state index in [9.17, 15) is 4.39 Å². The number of hydrogen-bond acceptors (Lipinski definition) is 6. The maximum absolute atomic E-state index is 13.8. The lowest BCUT2D eigenvalue weighted by Gasteiger charge is -2.16. The third-order valence-electron chi connectivity index (χ3n) is 3.50. The Balaban J connectivity index is 1.90. The summed E-state index contributed by atoms with van der Waals surface area (Å²) in [6.45, 7) is 5.01. The minimum absolute atomic E-state index is 0.0936. The van der Waals surface area contributed by atoms with Gasteiger partial charge in [0.25, 0.3) is 0 Å². The van der Waals surface area contributed by atoms with Gasteiger partial charge in [-0.1, -0.05) is 0 Å². The minimum Gasteiger partial charge on any atom is -0.377 e. The van der Waals surface area contributed by atoms with Crippen molar-refractivity contribution in [3.05, 3.63) is 29.1 Å². The highest BCUT2D eigenvalue weighted by Crippen LogP contribution is 2.33. The first-order valence-electron chi connectivity index (χ1n) is 6.61. The van der Waals surface area contributed by atoms with Gasteiger partial charge in [-0.25, -0.2) is 14.4 Å². The van der Waals surface area contributed by atoms with Crippen LogP contribution in [0.2, 0.25) is 0 Å². The lowest BCUT2D eigenvalue weighted by atomic mass is 10.0. The molecule has 0 spiro atoms. The monoisotopic (exact) mass is 292 g/mol. The van der Waals surface area contributed by atoms with E-state index in [1.807, 2.05) is 0 Å². The number of rotatable bonds is 4. The molecule has 1 aliphatic heterocycles. The zero-order valence-electron chi connectivity index (χ0n) is 12.1. The van der Waals surface area contributed by atoms with Crippen molar-refractivity contribution >= 4 is 11.6 Å². The standard InChI is InChI=1S/C13H17FN6O/c1-13(2)10-7(4-16-13)11(20-19-10)18-12-8(14)5-15-9(17-12)6-21-3/h5,16H,4,6H2,1-3H3,(H2,15,17,18,19,20). The Hall–Kier alpha value is -2.06. The average Bonchev–Trinajstić information content (AvgIpc) is 2.97. The quantitative estimate of drug-likeness (QED) is 0.793. The molecule has 0 unspecified atom stereocenters. The number of nitrogens with zero attached hydrogens (tertiary/aromatic N) is 3. The van der Waals surface area contributed by atoms with Crippen molar-refractivity contribution in [2.75, 3.05) is 12.4 Å². The Kier molecular flexibility index (Phi) is 3.34. The number of aromatic amines is 1. The number of nitrogens with one attached hydrogen (secondary N) is 3. The van der Waals surface area contributed by atoms with Crippen LogP contribution in [0.4, 0.5) is 16.0 Å². The molecule has 7 nitrogen and oxygen atoms in total. The smallest absolute Gasteiger partial charge is 0.184 e. The highest BCUT2D eigenvalue weighted by molar-refractivity contribution is 5.59. The minimum atomic E-state index is -0.531. The van der Waals surface area contributed by atoms with Crippen LogP contribution in [-0.2, 0) is 23.4 Å². The van der Waals surface area contributed by atoms with Gasteiger partial charge < -0.3 is 15.4 Å². The van der Waals surface area contributed by atoms with Crippen molar-refractivity contribution in [3.8, 4) is 0 Å². The Morgan fingerprint density at radius 1 is 1.43 bits per heavy atom. The van der Waals surface area contributed by atoms with Crippen molar-refractivity contribution < 1.29 is 9.13 Å². The lowest BCUT2D eigenvalue weighted by molar-refractivity contribution is 0.177. The fraction of sp³-hybridized carbons (Fsp3) is 0.462. The zero-order valence-corrected chi connectivity index (χ0v) is 12.1. The first kappa shape index (κ1) is 13.9. The molecule has 2 aromatic heterocycles. The molecule has 3 N–H and O–H groups in total. The molecule has 8 heteroatoms. The van der Waals surface area contributed by atoms with Gasteiger partial charge in [0.1, 0.15) is 6.61 Å². The van der Waals surface area contributed by atoms with Crippen LogP contribution in [0.3, 0.4) is 0 Å². The molecule has 112 valence electrons. The Labute approximate surface area is 121 Å². The van der Waals surface area contributed by atoms with Crippen LogP contribution in [0.1, 0.15) is 30.9 Å². The number of aromatic nitrogens is 4. The second-order valence-electron chi connectivity index (χ2n) is 5.45. The van der Waals surface area contributed by atoms with E-state index in [0.29, 0.717) is 18.2 Å². The third kappa shape index (κ3) is 2.47. The fourth-order valence-corrected chi connectivity index (χ4v) is 2.36. The maximum atomic E-state index is 13.8. The van der Waals surface area contributed by atoms with Crippen LogP contribution in [-0.4, -0.2) is 27.3 Å². The molecule has 0 saturated carbocycles. The highest BCUT2D eigenvalue weighted by atomic mass is 19.1. The second-order valence-corrected chi connectivity index (χ2v) is 5.45. The average molecular weight is 292 g/mol. The number of H-pyrrole nitrogens is 1. The number of hydrogen-bond donors (Lipinski definition) is 3. The van der Waals surface area contributed by atoms with Crippen molar-refractivity contribution in [3.63, 3.8) is 0 Å². The van der Waals surface area contributed by atoms with E-state index in [4.69, 9.17) is 4.74 Å². The van der Waals surface area contributed by atoms with Crippen molar-refractivity contribution in [1.82, 2.24) is 25.5 Å². The molecule has 2 aromatic rings.